The van der Waals surface area contributed by atoms with Crippen molar-refractivity contribution in [2.45, 2.75) is 11.3 Å². The van der Waals surface area contributed by atoms with Crippen LogP contribution in [0.15, 0.2) is 44.4 Å². The molecule has 2 aromatic rings. The maximum atomic E-state index is 12.7. The van der Waals surface area contributed by atoms with Crippen molar-refractivity contribution in [1.82, 2.24) is 9.62 Å². The molecule has 6 nitrogen and oxygen atoms in total. The fourth-order valence-corrected chi connectivity index (χ4v) is 3.94. The Morgan fingerprint density at radius 2 is 1.91 bits per heavy atom. The van der Waals surface area contributed by atoms with Gasteiger partial charge in [-0.1, -0.05) is 0 Å². The molecule has 3 rings (SSSR count). The van der Waals surface area contributed by atoms with Crippen LogP contribution in [-0.4, -0.2) is 38.9 Å². The van der Waals surface area contributed by atoms with Gasteiger partial charge in [0.2, 0.25) is 10.0 Å². The van der Waals surface area contributed by atoms with Gasteiger partial charge in [0.1, 0.15) is 5.58 Å². The van der Waals surface area contributed by atoms with Crippen molar-refractivity contribution >= 4 is 33.4 Å². The first-order chi connectivity index (χ1) is 10.1. The van der Waals surface area contributed by atoms with Crippen LogP contribution in [0.3, 0.4) is 0 Å². The van der Waals surface area contributed by atoms with Gasteiger partial charge in [-0.25, -0.2) is 13.2 Å². The van der Waals surface area contributed by atoms with Gasteiger partial charge in [0.15, 0.2) is 0 Å². The third kappa shape index (κ3) is 3.33. The summed E-state index contributed by atoms with van der Waals surface area (Å²) in [7, 11) is -3.51. The van der Waals surface area contributed by atoms with Crippen LogP contribution in [0.2, 0.25) is 0 Å². The minimum atomic E-state index is -3.51. The lowest BCUT2D eigenvalue weighted by Gasteiger charge is -2.19. The molecule has 0 radical (unpaired) electrons. The number of nitrogens with one attached hydrogen (secondary N) is 1. The summed E-state index contributed by atoms with van der Waals surface area (Å²) in [6, 6.07) is 7.42. The number of halogens is 1. The highest BCUT2D eigenvalue weighted by Crippen LogP contribution is 2.21. The number of benzene rings is 1. The number of hydrogen-bond acceptors (Lipinski definition) is 5. The van der Waals surface area contributed by atoms with Crippen LogP contribution >= 0.6 is 12.4 Å². The quantitative estimate of drug-likeness (QED) is 0.828. The molecule has 2 heterocycles. The van der Waals surface area contributed by atoms with Crippen LogP contribution in [0.25, 0.3) is 11.0 Å². The second kappa shape index (κ2) is 6.78. The predicted octanol–water partition coefficient (Wildman–Crippen LogP) is 1.20. The number of fused-ring (bicyclic) bond motifs is 1. The zero-order chi connectivity index (χ0) is 14.9. The normalized spacial score (nSPS) is 16.9. The molecule has 1 aliphatic heterocycles. The highest BCUT2D eigenvalue weighted by Gasteiger charge is 2.25. The van der Waals surface area contributed by atoms with E-state index in [0.717, 1.165) is 13.0 Å². The lowest BCUT2D eigenvalue weighted by molar-refractivity contribution is 0.432. The minimum Gasteiger partial charge on any atom is -0.423 e. The standard InChI is InChI=1S/C14H16N2O4S.ClH/c17-14-5-2-11-10-12(3-4-13(11)20-14)21(18,19)16-8-1-6-15-7-9-16;/h2-5,10,15H,1,6-9H2;1H. The highest BCUT2D eigenvalue weighted by molar-refractivity contribution is 7.89. The first-order valence-electron chi connectivity index (χ1n) is 6.82. The van der Waals surface area contributed by atoms with Gasteiger partial charge in [0.25, 0.3) is 0 Å². The maximum Gasteiger partial charge on any atom is 0.336 e. The maximum absolute atomic E-state index is 12.7. The molecule has 1 saturated heterocycles. The summed E-state index contributed by atoms with van der Waals surface area (Å²) in [5.41, 5.74) is -0.0596. The summed E-state index contributed by atoms with van der Waals surface area (Å²) in [5.74, 6) is 0. The number of nitrogens with zero attached hydrogens (tertiary/aromatic N) is 1. The van der Waals surface area contributed by atoms with E-state index in [-0.39, 0.29) is 17.3 Å². The molecule has 0 aliphatic carbocycles. The van der Waals surface area contributed by atoms with E-state index in [1.165, 1.54) is 22.5 Å². The first-order valence-corrected chi connectivity index (χ1v) is 8.26. The third-order valence-electron chi connectivity index (χ3n) is 3.53. The Kier molecular flexibility index (Phi) is 5.23. The Bertz CT molecular complexity index is 811. The molecule has 1 N–H and O–H groups in total. The molecule has 0 bridgehead atoms. The molecule has 22 heavy (non-hydrogen) atoms. The van der Waals surface area contributed by atoms with Crippen molar-refractivity contribution in [3.8, 4) is 0 Å². The van der Waals surface area contributed by atoms with Crippen molar-refractivity contribution < 1.29 is 12.8 Å². The van der Waals surface area contributed by atoms with E-state index in [4.69, 9.17) is 4.42 Å². The number of rotatable bonds is 2. The van der Waals surface area contributed by atoms with Crippen LogP contribution in [0.4, 0.5) is 0 Å². The molecule has 8 heteroatoms. The molecule has 1 aliphatic rings. The highest BCUT2D eigenvalue weighted by atomic mass is 35.5. The van der Waals surface area contributed by atoms with Crippen LogP contribution < -0.4 is 10.9 Å². The van der Waals surface area contributed by atoms with Crippen molar-refractivity contribution in [1.29, 1.82) is 0 Å². The third-order valence-corrected chi connectivity index (χ3v) is 5.42. The second-order valence-electron chi connectivity index (χ2n) is 4.96. The molecule has 120 valence electrons. The van der Waals surface area contributed by atoms with Crippen molar-refractivity contribution in [2.24, 2.45) is 0 Å². The van der Waals surface area contributed by atoms with E-state index in [9.17, 15) is 13.2 Å². The monoisotopic (exact) mass is 344 g/mol. The molecule has 0 atom stereocenters. The Balaban J connectivity index is 0.00000176. The largest absolute Gasteiger partial charge is 0.423 e. The van der Waals surface area contributed by atoms with Crippen molar-refractivity contribution in [2.75, 3.05) is 26.2 Å². The Labute approximate surface area is 134 Å². The summed E-state index contributed by atoms with van der Waals surface area (Å²) < 4.78 is 31.8. The van der Waals surface area contributed by atoms with Gasteiger partial charge >= 0.3 is 5.63 Å². The lowest BCUT2D eigenvalue weighted by atomic mass is 10.2. The Hall–Kier alpha value is -1.41. The molecular weight excluding hydrogens is 328 g/mol. The molecule has 1 aromatic carbocycles. The number of hydrogen-bond donors (Lipinski definition) is 1. The molecule has 0 spiro atoms. The van der Waals surface area contributed by atoms with Gasteiger partial charge in [-0.3, -0.25) is 0 Å². The number of sulfonamides is 1. The van der Waals surface area contributed by atoms with Crippen LogP contribution in [0.1, 0.15) is 6.42 Å². The minimum absolute atomic E-state index is 0. The topological polar surface area (TPSA) is 79.6 Å². The molecule has 1 fully saturated rings. The van der Waals surface area contributed by atoms with Crippen LogP contribution in [0.5, 0.6) is 0 Å². The van der Waals surface area contributed by atoms with E-state index < -0.39 is 15.6 Å². The van der Waals surface area contributed by atoms with E-state index in [0.29, 0.717) is 30.6 Å². The average molecular weight is 345 g/mol. The Morgan fingerprint density at radius 3 is 2.73 bits per heavy atom. The fourth-order valence-electron chi connectivity index (χ4n) is 2.42. The zero-order valence-electron chi connectivity index (χ0n) is 11.8. The fraction of sp³-hybridized carbons (Fsp3) is 0.357. The second-order valence-corrected chi connectivity index (χ2v) is 6.90. The molecular formula is C14H17ClN2O4S. The molecule has 0 unspecified atom stereocenters. The molecule has 1 aromatic heterocycles. The van der Waals surface area contributed by atoms with Gasteiger partial charge in [0.05, 0.1) is 4.90 Å². The summed E-state index contributed by atoms with van der Waals surface area (Å²) in [4.78, 5) is 11.4. The smallest absolute Gasteiger partial charge is 0.336 e. The van der Waals surface area contributed by atoms with Gasteiger partial charge < -0.3 is 9.73 Å². The van der Waals surface area contributed by atoms with Gasteiger partial charge in [0, 0.05) is 31.1 Å². The van der Waals surface area contributed by atoms with Gasteiger partial charge in [-0.05, 0) is 37.2 Å². The van der Waals surface area contributed by atoms with Gasteiger partial charge in [-0.15, -0.1) is 12.4 Å². The van der Waals surface area contributed by atoms with Crippen LogP contribution in [-0.2, 0) is 10.0 Å². The van der Waals surface area contributed by atoms with E-state index in [1.807, 2.05) is 0 Å². The summed E-state index contributed by atoms with van der Waals surface area (Å²) in [5, 5.41) is 3.78. The average Bonchev–Trinajstić information content (AvgIpc) is 2.76. The Morgan fingerprint density at radius 1 is 1.09 bits per heavy atom. The summed E-state index contributed by atoms with van der Waals surface area (Å²) in [6.07, 6.45) is 0.793. The zero-order valence-corrected chi connectivity index (χ0v) is 13.5. The van der Waals surface area contributed by atoms with E-state index in [2.05, 4.69) is 5.32 Å². The van der Waals surface area contributed by atoms with Gasteiger partial charge in [-0.2, -0.15) is 4.31 Å². The predicted molar refractivity (Wildman–Crippen MR) is 86.0 cm³/mol. The van der Waals surface area contributed by atoms with Crippen molar-refractivity contribution in [3.05, 3.63) is 40.8 Å². The SMILES string of the molecule is Cl.O=c1ccc2cc(S(=O)(=O)N3CCCNCC3)ccc2o1. The van der Waals surface area contributed by atoms with E-state index in [1.54, 1.807) is 12.1 Å². The molecule has 0 amide bonds. The summed E-state index contributed by atoms with van der Waals surface area (Å²) in [6.45, 7) is 2.46. The first kappa shape index (κ1) is 17.0. The van der Waals surface area contributed by atoms with E-state index >= 15 is 0 Å². The van der Waals surface area contributed by atoms with Crippen molar-refractivity contribution in [3.63, 3.8) is 0 Å². The van der Waals surface area contributed by atoms with Crippen LogP contribution in [0, 0.1) is 0 Å². The lowest BCUT2D eigenvalue weighted by Crippen LogP contribution is -2.34. The summed E-state index contributed by atoms with van der Waals surface area (Å²) >= 11 is 0. The molecule has 0 saturated carbocycles.